The van der Waals surface area contributed by atoms with Gasteiger partial charge in [-0.25, -0.2) is 0 Å². The van der Waals surface area contributed by atoms with Crippen molar-refractivity contribution in [3.63, 3.8) is 0 Å². The highest BCUT2D eigenvalue weighted by Crippen LogP contribution is 2.30. The molecule has 0 spiro atoms. The van der Waals surface area contributed by atoms with E-state index in [1.807, 2.05) is 0 Å². The first-order valence-corrected chi connectivity index (χ1v) is 6.75. The van der Waals surface area contributed by atoms with Gasteiger partial charge >= 0.3 is 0 Å². The minimum absolute atomic E-state index is 0. The van der Waals surface area contributed by atoms with Gasteiger partial charge in [0.15, 0.2) is 0 Å². The van der Waals surface area contributed by atoms with Gasteiger partial charge in [0.1, 0.15) is 5.72 Å². The van der Waals surface area contributed by atoms with E-state index in [1.54, 1.807) is 0 Å². The summed E-state index contributed by atoms with van der Waals surface area (Å²) in [6.07, 6.45) is 2.61. The van der Waals surface area contributed by atoms with Crippen LogP contribution in [0.2, 0.25) is 0 Å². The molecule has 0 aromatic heterocycles. The van der Waals surface area contributed by atoms with Crippen LogP contribution >= 0.6 is 12.4 Å². The maximum absolute atomic E-state index is 6.07. The number of rotatable bonds is 2. The van der Waals surface area contributed by atoms with E-state index >= 15 is 0 Å². The van der Waals surface area contributed by atoms with Gasteiger partial charge in [-0.2, -0.15) is 0 Å². The van der Waals surface area contributed by atoms with Gasteiger partial charge in [0.2, 0.25) is 0 Å². The second-order valence-corrected chi connectivity index (χ2v) is 5.64. The fourth-order valence-corrected chi connectivity index (χ4v) is 2.86. The monoisotopic (exact) mass is 262 g/mol. The number of likely N-dealkylation sites (tertiary alicyclic amines) is 1. The first-order valence-electron chi connectivity index (χ1n) is 6.75. The third-order valence-corrected chi connectivity index (χ3v) is 4.20. The molecule has 0 radical (unpaired) electrons. The van der Waals surface area contributed by atoms with Crippen molar-refractivity contribution in [2.24, 2.45) is 11.8 Å². The van der Waals surface area contributed by atoms with Crippen LogP contribution in [-0.4, -0.2) is 43.4 Å². The summed E-state index contributed by atoms with van der Waals surface area (Å²) in [5.41, 5.74) is -0.0830. The van der Waals surface area contributed by atoms with Crippen LogP contribution in [0.1, 0.15) is 33.6 Å². The maximum Gasteiger partial charge on any atom is 0.120 e. The first-order chi connectivity index (χ1) is 7.64. The highest BCUT2D eigenvalue weighted by Gasteiger charge is 2.39. The van der Waals surface area contributed by atoms with Crippen LogP contribution in [0.15, 0.2) is 0 Å². The summed E-state index contributed by atoms with van der Waals surface area (Å²) >= 11 is 0. The zero-order valence-corrected chi connectivity index (χ0v) is 12.2. The maximum atomic E-state index is 6.07. The average molecular weight is 263 g/mol. The highest BCUT2D eigenvalue weighted by atomic mass is 35.5. The van der Waals surface area contributed by atoms with Crippen molar-refractivity contribution in [3.8, 4) is 0 Å². The molecule has 2 saturated heterocycles. The number of hydrogen-bond acceptors (Lipinski definition) is 3. The van der Waals surface area contributed by atoms with Crippen molar-refractivity contribution < 1.29 is 4.74 Å². The molecule has 2 rings (SSSR count). The standard InChI is InChI=1S/C13H26N2O.ClH/c1-4-15-7-5-6-12(9-15)13(3)14-8-11(2)10-16-13;/h11-12,14H,4-10H2,1-3H3;1H. The Kier molecular flexibility index (Phi) is 5.71. The Labute approximate surface area is 112 Å². The Hall–Kier alpha value is 0.170. The summed E-state index contributed by atoms with van der Waals surface area (Å²) in [6, 6.07) is 0. The molecule has 2 aliphatic rings. The molecule has 2 heterocycles. The largest absolute Gasteiger partial charge is 0.360 e. The van der Waals surface area contributed by atoms with Crippen LogP contribution in [0, 0.1) is 11.8 Å². The van der Waals surface area contributed by atoms with Crippen molar-refractivity contribution in [2.45, 2.75) is 39.3 Å². The lowest BCUT2D eigenvalue weighted by Crippen LogP contribution is -2.60. The van der Waals surface area contributed by atoms with Gasteiger partial charge in [0.25, 0.3) is 0 Å². The topological polar surface area (TPSA) is 24.5 Å². The van der Waals surface area contributed by atoms with Gasteiger partial charge in [-0.1, -0.05) is 13.8 Å². The smallest absolute Gasteiger partial charge is 0.120 e. The number of ether oxygens (including phenoxy) is 1. The van der Waals surface area contributed by atoms with E-state index in [4.69, 9.17) is 4.74 Å². The molecule has 0 aliphatic carbocycles. The van der Waals surface area contributed by atoms with E-state index in [2.05, 4.69) is 31.0 Å². The van der Waals surface area contributed by atoms with Crippen LogP contribution < -0.4 is 5.32 Å². The van der Waals surface area contributed by atoms with Crippen molar-refractivity contribution in [1.29, 1.82) is 0 Å². The predicted molar refractivity (Wildman–Crippen MR) is 73.6 cm³/mol. The molecular weight excluding hydrogens is 236 g/mol. The number of nitrogens with zero attached hydrogens (tertiary/aromatic N) is 1. The fraction of sp³-hybridized carbons (Fsp3) is 1.00. The Morgan fingerprint density at radius 3 is 2.82 bits per heavy atom. The number of nitrogens with one attached hydrogen (secondary N) is 1. The minimum Gasteiger partial charge on any atom is -0.360 e. The van der Waals surface area contributed by atoms with Crippen molar-refractivity contribution >= 4 is 12.4 Å². The van der Waals surface area contributed by atoms with Crippen LogP contribution in [0.3, 0.4) is 0 Å². The number of piperidine rings is 1. The lowest BCUT2D eigenvalue weighted by molar-refractivity contribution is -0.147. The molecule has 2 aliphatic heterocycles. The predicted octanol–water partition coefficient (Wildman–Crippen LogP) is 2.11. The van der Waals surface area contributed by atoms with Gasteiger partial charge in [0, 0.05) is 19.0 Å². The molecule has 102 valence electrons. The van der Waals surface area contributed by atoms with Crippen LogP contribution in [0.5, 0.6) is 0 Å². The summed E-state index contributed by atoms with van der Waals surface area (Å²) in [5.74, 6) is 1.30. The SMILES string of the molecule is CCN1CCCC(C2(C)NCC(C)CO2)C1.Cl. The van der Waals surface area contributed by atoms with Gasteiger partial charge < -0.3 is 9.64 Å². The zero-order chi connectivity index (χ0) is 11.6. The van der Waals surface area contributed by atoms with E-state index in [0.29, 0.717) is 11.8 Å². The van der Waals surface area contributed by atoms with Crippen molar-refractivity contribution in [3.05, 3.63) is 0 Å². The van der Waals surface area contributed by atoms with Crippen LogP contribution in [0.25, 0.3) is 0 Å². The van der Waals surface area contributed by atoms with Gasteiger partial charge in [-0.3, -0.25) is 5.32 Å². The Balaban J connectivity index is 0.00000144. The molecule has 0 amide bonds. The molecule has 0 saturated carbocycles. The molecule has 0 bridgehead atoms. The number of halogens is 1. The fourth-order valence-electron chi connectivity index (χ4n) is 2.86. The van der Waals surface area contributed by atoms with E-state index < -0.39 is 0 Å². The summed E-state index contributed by atoms with van der Waals surface area (Å²) in [4.78, 5) is 2.54. The molecule has 0 aromatic carbocycles. The third kappa shape index (κ3) is 3.57. The number of hydrogen-bond donors (Lipinski definition) is 1. The Bertz CT molecular complexity index is 229. The minimum atomic E-state index is -0.0830. The van der Waals surface area contributed by atoms with Gasteiger partial charge in [0.05, 0.1) is 6.61 Å². The highest BCUT2D eigenvalue weighted by molar-refractivity contribution is 5.85. The molecule has 4 heteroatoms. The second-order valence-electron chi connectivity index (χ2n) is 5.64. The van der Waals surface area contributed by atoms with E-state index in [1.165, 1.54) is 32.5 Å². The normalized spacial score (nSPS) is 39.7. The van der Waals surface area contributed by atoms with Crippen LogP contribution in [-0.2, 0) is 4.74 Å². The molecule has 17 heavy (non-hydrogen) atoms. The molecule has 2 fully saturated rings. The molecule has 3 atom stereocenters. The lowest BCUT2D eigenvalue weighted by atomic mass is 9.87. The van der Waals surface area contributed by atoms with E-state index in [0.717, 1.165) is 13.2 Å². The molecule has 0 aromatic rings. The van der Waals surface area contributed by atoms with Crippen molar-refractivity contribution in [2.75, 3.05) is 32.8 Å². The third-order valence-electron chi connectivity index (χ3n) is 4.20. The molecule has 3 nitrogen and oxygen atoms in total. The average Bonchev–Trinajstić information content (AvgIpc) is 2.33. The van der Waals surface area contributed by atoms with Gasteiger partial charge in [-0.15, -0.1) is 12.4 Å². The second kappa shape index (κ2) is 6.37. The van der Waals surface area contributed by atoms with Crippen molar-refractivity contribution in [1.82, 2.24) is 10.2 Å². The first kappa shape index (κ1) is 15.2. The lowest BCUT2D eigenvalue weighted by Gasteiger charge is -2.46. The van der Waals surface area contributed by atoms with E-state index in [9.17, 15) is 0 Å². The molecule has 3 unspecified atom stereocenters. The summed E-state index contributed by atoms with van der Waals surface area (Å²) < 4.78 is 6.07. The van der Waals surface area contributed by atoms with Gasteiger partial charge in [-0.05, 0) is 38.8 Å². The molecule has 1 N–H and O–H groups in total. The Morgan fingerprint density at radius 2 is 2.24 bits per heavy atom. The van der Waals surface area contributed by atoms with E-state index in [-0.39, 0.29) is 18.1 Å². The summed E-state index contributed by atoms with van der Waals surface area (Å²) in [6.45, 7) is 12.4. The summed E-state index contributed by atoms with van der Waals surface area (Å²) in [7, 11) is 0. The molecular formula is C13H27ClN2O. The quantitative estimate of drug-likeness (QED) is 0.825. The summed E-state index contributed by atoms with van der Waals surface area (Å²) in [5, 5.41) is 3.61. The zero-order valence-electron chi connectivity index (χ0n) is 11.4. The Morgan fingerprint density at radius 1 is 1.47 bits per heavy atom. The van der Waals surface area contributed by atoms with Crippen LogP contribution in [0.4, 0.5) is 0 Å².